The minimum Gasteiger partial charge on any atom is -0.480 e. The Kier molecular flexibility index (Phi) is 21.6. The minimum atomic E-state index is -1.27. The van der Waals surface area contributed by atoms with Crippen LogP contribution in [0.25, 0.3) is 0 Å². The molecule has 0 bridgehead atoms. The van der Waals surface area contributed by atoms with Gasteiger partial charge in [0.05, 0.1) is 32.8 Å². The molecule has 0 aromatic rings. The van der Waals surface area contributed by atoms with E-state index < -0.39 is 81.8 Å². The van der Waals surface area contributed by atoms with Gasteiger partial charge in [-0.05, 0) is 111 Å². The lowest BCUT2D eigenvalue weighted by atomic mass is 9.47. The van der Waals surface area contributed by atoms with Gasteiger partial charge in [0.15, 0.2) is 13.4 Å². The van der Waals surface area contributed by atoms with Gasteiger partial charge in [-0.15, -0.1) is 0 Å². The molecule has 0 radical (unpaired) electrons. The van der Waals surface area contributed by atoms with E-state index in [1.54, 1.807) is 0 Å². The van der Waals surface area contributed by atoms with Gasteiger partial charge in [0.2, 0.25) is 0 Å². The number of carboxylic acid groups (broad SMARTS) is 3. The van der Waals surface area contributed by atoms with Gasteiger partial charge in [-0.25, -0.2) is 9.59 Å². The lowest BCUT2D eigenvalue weighted by molar-refractivity contribution is -0.168. The highest BCUT2D eigenvalue weighted by atomic mass is 16.7. The van der Waals surface area contributed by atoms with E-state index in [4.69, 9.17) is 28.8 Å². The lowest BCUT2D eigenvalue weighted by Crippen LogP contribution is -2.51. The van der Waals surface area contributed by atoms with Crippen LogP contribution in [0.1, 0.15) is 106 Å². The second kappa shape index (κ2) is 26.0. The third kappa shape index (κ3) is 16.3. The van der Waals surface area contributed by atoms with Gasteiger partial charge in [0.1, 0.15) is 18.9 Å². The first-order valence-corrected chi connectivity index (χ1v) is 24.3. The number of carbonyl (C=O) groups excluding carboxylic acids is 3. The first-order valence-electron chi connectivity index (χ1n) is 24.3. The van der Waals surface area contributed by atoms with E-state index in [1.165, 1.54) is 59.3 Å². The number of rotatable bonds is 28. The summed E-state index contributed by atoms with van der Waals surface area (Å²) in [6.07, 6.45) is 15.2. The lowest BCUT2D eigenvalue weighted by Gasteiger charge is -2.58. The average Bonchev–Trinajstić information content (AvgIpc) is 3.61. The fourth-order valence-electron chi connectivity index (χ4n) is 11.8. The monoisotopic (exact) mass is 950 g/mol. The van der Waals surface area contributed by atoms with E-state index in [1.807, 2.05) is 0 Å². The summed E-state index contributed by atoms with van der Waals surface area (Å²) >= 11 is 0. The molecule has 10 atom stereocenters. The van der Waals surface area contributed by atoms with Crippen LogP contribution < -0.4 is 0 Å². The Hall–Kier alpha value is -4.10. The molecule has 0 amide bonds. The first-order chi connectivity index (χ1) is 31.7. The fraction of sp³-hybridized carbons (Fsp3) is 0.796. The molecule has 0 saturated heterocycles. The summed E-state index contributed by atoms with van der Waals surface area (Å²) in [5.41, 5.74) is 1.89. The Bertz CT molecular complexity index is 1740. The van der Waals surface area contributed by atoms with Gasteiger partial charge in [0, 0.05) is 32.6 Å². The molecule has 4 N–H and O–H groups in total. The number of aliphatic hydroxyl groups excluding tert-OH is 1. The highest BCUT2D eigenvalue weighted by Crippen LogP contribution is 2.67. The van der Waals surface area contributed by atoms with Crippen molar-refractivity contribution < 1.29 is 72.9 Å². The van der Waals surface area contributed by atoms with E-state index >= 15 is 0 Å². The molecule has 67 heavy (non-hydrogen) atoms. The van der Waals surface area contributed by atoms with E-state index in [-0.39, 0.29) is 50.9 Å². The van der Waals surface area contributed by atoms with E-state index in [0.29, 0.717) is 41.4 Å². The maximum atomic E-state index is 12.7. The standard InChI is InChI=1S/C49H79N3O15/c1-8-35(32(2)3)10-9-33(4)39-13-14-40-38-12-11-36-25-37(15-17-48(36,6)41(38)16-18-49(39,40)7)67-47(62)64-24-23-63-31-66-46(61)30-65-45(60)29-51(27-43(56)57)20-19-50(26-42(54)55)21-22-52(34(5)53)28-44(58)59/h9-11,32-35,37-41,53H,8,12-31H2,1-7H3,(H,54,55)(H,56,57)(H,58,59)/b10-9+/t33-,34?,35?,37+,38?,39?,40?,41?,48+,49-/m1/s1. The number of hydrogen-bond acceptors (Lipinski definition) is 15. The van der Waals surface area contributed by atoms with Gasteiger partial charge in [0.25, 0.3) is 0 Å². The molecule has 18 heteroatoms. The maximum Gasteiger partial charge on any atom is 0.508 e. The summed E-state index contributed by atoms with van der Waals surface area (Å²) in [5.74, 6) is -0.849. The number of esters is 2. The van der Waals surface area contributed by atoms with Gasteiger partial charge in [-0.1, -0.05) is 65.3 Å². The molecule has 4 aliphatic rings. The van der Waals surface area contributed by atoms with E-state index in [9.17, 15) is 44.1 Å². The molecule has 0 aromatic carbocycles. The smallest absolute Gasteiger partial charge is 0.480 e. The summed E-state index contributed by atoms with van der Waals surface area (Å²) in [4.78, 5) is 75.1. The summed E-state index contributed by atoms with van der Waals surface area (Å²) in [7, 11) is 0. The predicted molar refractivity (Wildman–Crippen MR) is 245 cm³/mol. The molecule has 3 saturated carbocycles. The molecule has 4 aliphatic carbocycles. The van der Waals surface area contributed by atoms with Crippen LogP contribution in [0, 0.1) is 52.3 Å². The largest absolute Gasteiger partial charge is 0.508 e. The third-order valence-electron chi connectivity index (χ3n) is 15.5. The van der Waals surface area contributed by atoms with Crippen molar-refractivity contribution in [3.05, 3.63) is 23.8 Å². The number of carboxylic acids is 3. The normalized spacial score (nSPS) is 27.2. The summed E-state index contributed by atoms with van der Waals surface area (Å²) in [6.45, 7) is 12.1. The molecule has 3 fully saturated rings. The zero-order valence-corrected chi connectivity index (χ0v) is 40.9. The van der Waals surface area contributed by atoms with Crippen LogP contribution in [0.4, 0.5) is 4.79 Å². The van der Waals surface area contributed by atoms with Crippen LogP contribution in [-0.4, -0.2) is 162 Å². The van der Waals surface area contributed by atoms with Crippen molar-refractivity contribution in [1.29, 1.82) is 0 Å². The molecule has 0 heterocycles. The van der Waals surface area contributed by atoms with Gasteiger partial charge >= 0.3 is 36.0 Å². The maximum absolute atomic E-state index is 12.7. The topological polar surface area (TPSA) is 239 Å². The zero-order valence-electron chi connectivity index (χ0n) is 40.9. The van der Waals surface area contributed by atoms with Crippen molar-refractivity contribution in [1.82, 2.24) is 14.7 Å². The number of fused-ring (bicyclic) bond motifs is 5. The molecule has 0 spiro atoms. The van der Waals surface area contributed by atoms with Crippen molar-refractivity contribution in [3.63, 3.8) is 0 Å². The SMILES string of the molecule is CCC(/C=C/[C@@H](C)C1CCC2C3CC=C4C[C@@H](OC(=O)OCCOCOC(=O)COC(=O)CN(CCN(CCN(CC(=O)O)C(C)O)CC(=O)O)CC(=O)O)CC[C@]4(C)C3CC[C@@]21C)C(C)C. The summed E-state index contributed by atoms with van der Waals surface area (Å²) in [6, 6.07) is 0. The van der Waals surface area contributed by atoms with Crippen LogP contribution in [0.2, 0.25) is 0 Å². The summed E-state index contributed by atoms with van der Waals surface area (Å²) < 4.78 is 26.1. The fourth-order valence-corrected chi connectivity index (χ4v) is 11.8. The molecule has 0 aromatic heterocycles. The molecule has 18 nitrogen and oxygen atoms in total. The van der Waals surface area contributed by atoms with E-state index in [0.717, 1.165) is 31.1 Å². The van der Waals surface area contributed by atoms with Crippen LogP contribution >= 0.6 is 0 Å². The first kappa shape index (κ1) is 55.5. The van der Waals surface area contributed by atoms with E-state index in [2.05, 4.69) is 59.8 Å². The van der Waals surface area contributed by atoms with Gasteiger partial charge < -0.3 is 44.1 Å². The molecular formula is C49H79N3O15. The molecule has 4 rings (SSSR count). The molecule has 0 aliphatic heterocycles. The second-order valence-electron chi connectivity index (χ2n) is 20.1. The highest BCUT2D eigenvalue weighted by molar-refractivity contribution is 5.78. The van der Waals surface area contributed by atoms with Crippen molar-refractivity contribution in [2.75, 3.05) is 79.0 Å². The molecular weight excluding hydrogens is 871 g/mol. The van der Waals surface area contributed by atoms with Crippen molar-refractivity contribution in [3.8, 4) is 0 Å². The Morgan fingerprint density at radius 1 is 0.761 bits per heavy atom. The number of nitrogens with zero attached hydrogens (tertiary/aromatic N) is 3. The Morgan fingerprint density at radius 2 is 1.43 bits per heavy atom. The number of ether oxygens (including phenoxy) is 5. The van der Waals surface area contributed by atoms with Crippen LogP contribution in [0.3, 0.4) is 0 Å². The quantitative estimate of drug-likeness (QED) is 0.0248. The Labute approximate surface area is 396 Å². The average molecular weight is 950 g/mol. The number of aliphatic carboxylic acids is 3. The minimum absolute atomic E-state index is 0.000617. The predicted octanol–water partition coefficient (Wildman–Crippen LogP) is 5.52. The van der Waals surface area contributed by atoms with Crippen LogP contribution in [-0.2, 0) is 47.7 Å². The molecule has 380 valence electrons. The number of hydrogen-bond donors (Lipinski definition) is 4. The second-order valence-corrected chi connectivity index (χ2v) is 20.1. The summed E-state index contributed by atoms with van der Waals surface area (Å²) in [5, 5.41) is 37.6. The third-order valence-corrected chi connectivity index (χ3v) is 15.5. The number of aliphatic hydroxyl groups is 1. The highest BCUT2D eigenvalue weighted by Gasteiger charge is 2.59. The molecule has 6 unspecified atom stereocenters. The van der Waals surface area contributed by atoms with Crippen molar-refractivity contribution in [2.24, 2.45) is 52.3 Å². The van der Waals surface area contributed by atoms with Crippen molar-refractivity contribution in [2.45, 2.75) is 119 Å². The Balaban J connectivity index is 1.13. The Morgan fingerprint density at radius 3 is 2.09 bits per heavy atom. The van der Waals surface area contributed by atoms with Crippen molar-refractivity contribution >= 4 is 36.0 Å². The number of carbonyl (C=O) groups is 6. The van der Waals surface area contributed by atoms with Gasteiger partial charge in [-0.2, -0.15) is 0 Å². The number of allylic oxidation sites excluding steroid dienone is 3. The van der Waals surface area contributed by atoms with Crippen LogP contribution in [0.15, 0.2) is 23.8 Å². The zero-order chi connectivity index (χ0) is 49.5. The van der Waals surface area contributed by atoms with Crippen LogP contribution in [0.5, 0.6) is 0 Å². The van der Waals surface area contributed by atoms with Gasteiger partial charge in [-0.3, -0.25) is 33.9 Å².